The van der Waals surface area contributed by atoms with Gasteiger partial charge in [-0.15, -0.1) is 23.5 Å². The van der Waals surface area contributed by atoms with E-state index >= 15 is 0 Å². The van der Waals surface area contributed by atoms with Crippen molar-refractivity contribution >= 4 is 29.3 Å². The van der Waals surface area contributed by atoms with Gasteiger partial charge in [0.2, 0.25) is 0 Å². The zero-order valence-electron chi connectivity index (χ0n) is 7.96. The summed E-state index contributed by atoms with van der Waals surface area (Å²) in [5.41, 5.74) is 0.833. The highest BCUT2D eigenvalue weighted by molar-refractivity contribution is 8.01. The number of ketones is 1. The minimum absolute atomic E-state index is 0.139. The van der Waals surface area contributed by atoms with Gasteiger partial charge in [0.15, 0.2) is 5.78 Å². The van der Waals surface area contributed by atoms with Crippen molar-refractivity contribution in [3.63, 3.8) is 0 Å². The Morgan fingerprint density at radius 2 is 1.92 bits per heavy atom. The van der Waals surface area contributed by atoms with Gasteiger partial charge in [-0.2, -0.15) is 0 Å². The predicted octanol–water partition coefficient (Wildman–Crippen LogP) is 3.33. The molecule has 1 aromatic carbocycles. The second-order valence-corrected chi connectivity index (χ2v) is 4.26. The van der Waals surface area contributed by atoms with Gasteiger partial charge in [0.25, 0.3) is 0 Å². The number of Topliss-reactive ketones (excluding diaryl/α,β-unsaturated/α-hetero) is 1. The molecule has 1 aromatic rings. The van der Waals surface area contributed by atoms with Gasteiger partial charge in [0.1, 0.15) is 0 Å². The first-order chi connectivity index (χ1) is 6.20. The largest absolute Gasteiger partial charge is 0.294 e. The molecule has 1 nitrogen and oxygen atoms in total. The predicted molar refractivity (Wildman–Crippen MR) is 60.0 cm³/mol. The molecule has 0 aliphatic rings. The maximum atomic E-state index is 11.3. The zero-order valence-corrected chi connectivity index (χ0v) is 9.59. The third-order valence-electron chi connectivity index (χ3n) is 1.78. The van der Waals surface area contributed by atoms with E-state index < -0.39 is 0 Å². The van der Waals surface area contributed by atoms with Crippen LogP contribution in [0.15, 0.2) is 28.0 Å². The molecule has 0 atom stereocenters. The number of hydrogen-bond donors (Lipinski definition) is 0. The molecule has 0 saturated carbocycles. The molecule has 13 heavy (non-hydrogen) atoms. The second kappa shape index (κ2) is 4.72. The van der Waals surface area contributed by atoms with Crippen molar-refractivity contribution in [2.75, 3.05) is 12.5 Å². The molecule has 0 N–H and O–H groups in total. The summed E-state index contributed by atoms with van der Waals surface area (Å²) >= 11 is 3.31. The summed E-state index contributed by atoms with van der Waals surface area (Å²) in [5.74, 6) is 0.139. The molecule has 0 unspecified atom stereocenters. The van der Waals surface area contributed by atoms with E-state index in [2.05, 4.69) is 0 Å². The summed E-state index contributed by atoms with van der Waals surface area (Å²) in [6.07, 6.45) is 4.03. The Labute approximate surface area is 87.3 Å². The lowest BCUT2D eigenvalue weighted by Crippen LogP contribution is -1.95. The summed E-state index contributed by atoms with van der Waals surface area (Å²) in [7, 11) is 0. The smallest absolute Gasteiger partial charge is 0.160 e. The van der Waals surface area contributed by atoms with E-state index in [1.807, 2.05) is 30.7 Å². The Bertz CT molecular complexity index is 321. The third kappa shape index (κ3) is 2.29. The minimum Gasteiger partial charge on any atom is -0.294 e. The zero-order chi connectivity index (χ0) is 9.84. The van der Waals surface area contributed by atoms with Crippen LogP contribution in [0.5, 0.6) is 0 Å². The van der Waals surface area contributed by atoms with Crippen LogP contribution in [0.25, 0.3) is 0 Å². The van der Waals surface area contributed by atoms with E-state index in [1.54, 1.807) is 30.4 Å². The third-order valence-corrected chi connectivity index (χ3v) is 3.54. The summed E-state index contributed by atoms with van der Waals surface area (Å²) in [6, 6.07) is 5.86. The molecule has 3 heteroatoms. The number of rotatable bonds is 3. The van der Waals surface area contributed by atoms with E-state index in [0.29, 0.717) is 0 Å². The van der Waals surface area contributed by atoms with E-state index in [0.717, 1.165) is 10.5 Å². The van der Waals surface area contributed by atoms with Gasteiger partial charge in [-0.25, -0.2) is 0 Å². The minimum atomic E-state index is 0.139. The van der Waals surface area contributed by atoms with E-state index in [1.165, 1.54) is 4.90 Å². The molecular formula is C10H12OS2. The average Bonchev–Trinajstić information content (AvgIpc) is 2.16. The number of hydrogen-bond acceptors (Lipinski definition) is 3. The summed E-state index contributed by atoms with van der Waals surface area (Å²) < 4.78 is 0. The number of carbonyl (C=O) groups is 1. The van der Waals surface area contributed by atoms with Crippen molar-refractivity contribution < 1.29 is 4.79 Å². The highest BCUT2D eigenvalue weighted by Gasteiger charge is 2.09. The molecule has 1 rings (SSSR count). The van der Waals surface area contributed by atoms with Crippen molar-refractivity contribution in [1.82, 2.24) is 0 Å². The lowest BCUT2D eigenvalue weighted by atomic mass is 10.1. The van der Waals surface area contributed by atoms with Crippen LogP contribution >= 0.6 is 23.5 Å². The highest BCUT2D eigenvalue weighted by Crippen LogP contribution is 2.31. The molecular weight excluding hydrogens is 200 g/mol. The van der Waals surface area contributed by atoms with Gasteiger partial charge in [-0.3, -0.25) is 4.79 Å². The number of benzene rings is 1. The average molecular weight is 212 g/mol. The molecule has 70 valence electrons. The molecule has 0 aliphatic heterocycles. The van der Waals surface area contributed by atoms with Crippen LogP contribution < -0.4 is 0 Å². The van der Waals surface area contributed by atoms with Crippen molar-refractivity contribution in [2.24, 2.45) is 0 Å². The molecule has 0 amide bonds. The topological polar surface area (TPSA) is 17.1 Å². The Hall–Kier alpha value is -0.410. The van der Waals surface area contributed by atoms with E-state index in [9.17, 15) is 4.79 Å². The van der Waals surface area contributed by atoms with Crippen LogP contribution in [0, 0.1) is 0 Å². The molecule has 0 fully saturated rings. The van der Waals surface area contributed by atoms with Gasteiger partial charge < -0.3 is 0 Å². The van der Waals surface area contributed by atoms with E-state index in [4.69, 9.17) is 0 Å². The van der Waals surface area contributed by atoms with Gasteiger partial charge in [-0.05, 0) is 25.5 Å². The Morgan fingerprint density at radius 1 is 1.23 bits per heavy atom. The standard InChI is InChI=1S/C10H12OS2/c1-7(11)8-5-4-6-9(12-2)10(8)13-3/h4-6H,1-3H3. The SMILES string of the molecule is CSc1cccc(C(C)=O)c1SC. The van der Waals surface area contributed by atoms with Crippen LogP contribution in [0.3, 0.4) is 0 Å². The second-order valence-electron chi connectivity index (χ2n) is 2.60. The fourth-order valence-electron chi connectivity index (χ4n) is 1.16. The number of carbonyl (C=O) groups excluding carboxylic acids is 1. The van der Waals surface area contributed by atoms with Crippen LogP contribution in [0.2, 0.25) is 0 Å². The summed E-state index contributed by atoms with van der Waals surface area (Å²) in [5, 5.41) is 0. The molecule has 0 aliphatic carbocycles. The molecule has 0 heterocycles. The van der Waals surface area contributed by atoms with Crippen molar-refractivity contribution in [3.8, 4) is 0 Å². The Kier molecular flexibility index (Phi) is 3.88. The van der Waals surface area contributed by atoms with Crippen LogP contribution in [0.4, 0.5) is 0 Å². The fraction of sp³-hybridized carbons (Fsp3) is 0.300. The lowest BCUT2D eigenvalue weighted by Gasteiger charge is -2.08. The Morgan fingerprint density at radius 3 is 2.38 bits per heavy atom. The van der Waals surface area contributed by atoms with Crippen molar-refractivity contribution in [3.05, 3.63) is 23.8 Å². The van der Waals surface area contributed by atoms with Crippen LogP contribution in [0.1, 0.15) is 17.3 Å². The molecule has 0 spiro atoms. The molecule has 0 aromatic heterocycles. The molecule has 0 saturated heterocycles. The van der Waals surface area contributed by atoms with Crippen molar-refractivity contribution in [2.45, 2.75) is 16.7 Å². The first-order valence-corrected chi connectivity index (χ1v) is 6.37. The Balaban J connectivity index is 3.27. The quantitative estimate of drug-likeness (QED) is 0.565. The van der Waals surface area contributed by atoms with E-state index in [-0.39, 0.29) is 5.78 Å². The van der Waals surface area contributed by atoms with Gasteiger partial charge in [0.05, 0.1) is 0 Å². The maximum Gasteiger partial charge on any atom is 0.160 e. The van der Waals surface area contributed by atoms with Gasteiger partial charge in [0, 0.05) is 15.4 Å². The van der Waals surface area contributed by atoms with Gasteiger partial charge in [-0.1, -0.05) is 12.1 Å². The molecule has 0 bridgehead atoms. The summed E-state index contributed by atoms with van der Waals surface area (Å²) in [6.45, 7) is 1.61. The normalized spacial score (nSPS) is 10.1. The first kappa shape index (κ1) is 10.7. The van der Waals surface area contributed by atoms with Gasteiger partial charge >= 0.3 is 0 Å². The number of thioether (sulfide) groups is 2. The maximum absolute atomic E-state index is 11.3. The fourth-order valence-corrected chi connectivity index (χ4v) is 2.88. The highest BCUT2D eigenvalue weighted by atomic mass is 32.2. The summed E-state index contributed by atoms with van der Waals surface area (Å²) in [4.78, 5) is 13.6. The lowest BCUT2D eigenvalue weighted by molar-refractivity contribution is 0.101. The first-order valence-electron chi connectivity index (χ1n) is 3.92. The monoisotopic (exact) mass is 212 g/mol. The van der Waals surface area contributed by atoms with Crippen molar-refractivity contribution in [1.29, 1.82) is 0 Å². The van der Waals surface area contributed by atoms with Crippen LogP contribution in [-0.2, 0) is 0 Å². The van der Waals surface area contributed by atoms with Crippen LogP contribution in [-0.4, -0.2) is 18.3 Å². The molecule has 0 radical (unpaired) electrons.